The van der Waals surface area contributed by atoms with Crippen LogP contribution in [0, 0.1) is 0 Å². The topological polar surface area (TPSA) is 68.3 Å². The maximum Gasteiger partial charge on any atom is 0.329 e. The summed E-state index contributed by atoms with van der Waals surface area (Å²) < 4.78 is 5.09. The Morgan fingerprint density at radius 1 is 0.806 bits per heavy atom. The molecule has 31 heavy (non-hydrogen) atoms. The molecule has 4 rings (SSSR count). The number of methoxy groups -OCH3 is 1. The minimum Gasteiger partial charge on any atom is -0.467 e. The van der Waals surface area contributed by atoms with Crippen LogP contribution in [0.15, 0.2) is 97.2 Å². The van der Waals surface area contributed by atoms with Gasteiger partial charge in [0.1, 0.15) is 6.04 Å². The van der Waals surface area contributed by atoms with Crippen molar-refractivity contribution >= 4 is 22.8 Å². The molecule has 0 bridgehead atoms. The van der Waals surface area contributed by atoms with Crippen LogP contribution in [0.4, 0.5) is 0 Å². The summed E-state index contributed by atoms with van der Waals surface area (Å²) in [5.74, 6) is -1.31. The molecule has 0 unspecified atom stereocenters. The lowest BCUT2D eigenvalue weighted by atomic mass is 9.84. The van der Waals surface area contributed by atoms with Gasteiger partial charge in [0.2, 0.25) is 0 Å². The van der Waals surface area contributed by atoms with Crippen LogP contribution in [0.5, 0.6) is 0 Å². The SMILES string of the molecule is COC(=O)[C@@H](NC(=O)c1cccc2cccnc12)C(c1ccccc1)c1ccccc1. The zero-order chi connectivity index (χ0) is 21.6. The maximum absolute atomic E-state index is 13.3. The van der Waals surface area contributed by atoms with Crippen molar-refractivity contribution in [2.75, 3.05) is 7.11 Å². The van der Waals surface area contributed by atoms with E-state index in [0.717, 1.165) is 16.5 Å². The van der Waals surface area contributed by atoms with Crippen molar-refractivity contribution in [3.05, 3.63) is 114 Å². The first-order valence-corrected chi connectivity index (χ1v) is 10.0. The largest absolute Gasteiger partial charge is 0.467 e. The number of ether oxygens (including phenoxy) is 1. The number of nitrogens with one attached hydrogen (secondary N) is 1. The molecule has 0 aliphatic rings. The number of aromatic nitrogens is 1. The van der Waals surface area contributed by atoms with Gasteiger partial charge in [-0.1, -0.05) is 78.9 Å². The highest BCUT2D eigenvalue weighted by atomic mass is 16.5. The first-order valence-electron chi connectivity index (χ1n) is 10.0. The van der Waals surface area contributed by atoms with E-state index < -0.39 is 17.9 Å². The Bertz CT molecular complexity index is 1150. The van der Waals surface area contributed by atoms with Crippen LogP contribution in [0.1, 0.15) is 27.4 Å². The van der Waals surface area contributed by atoms with Gasteiger partial charge in [0.15, 0.2) is 0 Å². The monoisotopic (exact) mass is 410 g/mol. The number of pyridine rings is 1. The van der Waals surface area contributed by atoms with E-state index in [0.29, 0.717) is 11.1 Å². The van der Waals surface area contributed by atoms with Gasteiger partial charge >= 0.3 is 5.97 Å². The average Bonchev–Trinajstić information content (AvgIpc) is 2.84. The lowest BCUT2D eigenvalue weighted by Gasteiger charge is -2.27. The Morgan fingerprint density at radius 2 is 1.42 bits per heavy atom. The highest BCUT2D eigenvalue weighted by Gasteiger charge is 2.33. The molecular weight excluding hydrogens is 388 g/mol. The first kappa shape index (κ1) is 20.3. The maximum atomic E-state index is 13.3. The third-order valence-electron chi connectivity index (χ3n) is 5.27. The van der Waals surface area contributed by atoms with E-state index in [1.54, 1.807) is 18.3 Å². The van der Waals surface area contributed by atoms with Gasteiger partial charge in [-0.3, -0.25) is 9.78 Å². The van der Waals surface area contributed by atoms with Crippen molar-refractivity contribution in [2.45, 2.75) is 12.0 Å². The van der Waals surface area contributed by atoms with Crippen LogP contribution in [-0.4, -0.2) is 30.0 Å². The number of hydrogen-bond donors (Lipinski definition) is 1. The second-order valence-electron chi connectivity index (χ2n) is 7.15. The predicted octanol–water partition coefficient (Wildman–Crippen LogP) is 4.34. The average molecular weight is 410 g/mol. The first-order chi connectivity index (χ1) is 15.2. The summed E-state index contributed by atoms with van der Waals surface area (Å²) in [4.78, 5) is 30.5. The molecule has 4 aromatic rings. The molecule has 5 heteroatoms. The molecule has 1 atom stereocenters. The molecule has 0 saturated carbocycles. The molecule has 0 spiro atoms. The fourth-order valence-electron chi connectivity index (χ4n) is 3.81. The summed E-state index contributed by atoms with van der Waals surface area (Å²) >= 11 is 0. The summed E-state index contributed by atoms with van der Waals surface area (Å²) in [7, 11) is 1.33. The molecule has 0 fully saturated rings. The fraction of sp³-hybridized carbons (Fsp3) is 0.115. The summed E-state index contributed by atoms with van der Waals surface area (Å²) in [5.41, 5.74) is 2.80. The van der Waals surface area contributed by atoms with E-state index in [-0.39, 0.29) is 5.91 Å². The lowest BCUT2D eigenvalue weighted by molar-refractivity contribution is -0.143. The quantitative estimate of drug-likeness (QED) is 0.480. The van der Waals surface area contributed by atoms with Gasteiger partial charge in [0.25, 0.3) is 5.91 Å². The number of hydrogen-bond acceptors (Lipinski definition) is 4. The van der Waals surface area contributed by atoms with Crippen LogP contribution < -0.4 is 5.32 Å². The number of nitrogens with zero attached hydrogens (tertiary/aromatic N) is 1. The summed E-state index contributed by atoms with van der Waals surface area (Å²) in [6.07, 6.45) is 1.65. The van der Waals surface area contributed by atoms with Gasteiger partial charge in [0.05, 0.1) is 18.2 Å². The van der Waals surface area contributed by atoms with Crippen molar-refractivity contribution in [1.82, 2.24) is 10.3 Å². The molecule has 1 amide bonds. The zero-order valence-corrected chi connectivity index (χ0v) is 17.1. The Labute approximate surface area is 180 Å². The van der Waals surface area contributed by atoms with E-state index in [1.807, 2.05) is 78.9 Å². The van der Waals surface area contributed by atoms with Crippen LogP contribution in [0.3, 0.4) is 0 Å². The summed E-state index contributed by atoms with van der Waals surface area (Å²) in [6, 6.07) is 27.5. The number of benzene rings is 3. The molecule has 1 N–H and O–H groups in total. The second kappa shape index (κ2) is 9.22. The van der Waals surface area contributed by atoms with Gasteiger partial charge in [-0.05, 0) is 23.3 Å². The second-order valence-corrected chi connectivity index (χ2v) is 7.15. The minimum atomic E-state index is -0.915. The third kappa shape index (κ3) is 4.31. The summed E-state index contributed by atoms with van der Waals surface area (Å²) in [5, 5.41) is 3.77. The molecule has 0 aliphatic heterocycles. The Hall–Kier alpha value is -3.99. The number of carbonyl (C=O) groups excluding carboxylic acids is 2. The molecule has 154 valence electrons. The zero-order valence-electron chi connectivity index (χ0n) is 17.1. The van der Waals surface area contributed by atoms with E-state index >= 15 is 0 Å². The van der Waals surface area contributed by atoms with Gasteiger partial charge in [-0.15, -0.1) is 0 Å². The molecule has 1 aromatic heterocycles. The molecule has 0 saturated heterocycles. The Morgan fingerprint density at radius 3 is 2.03 bits per heavy atom. The minimum absolute atomic E-state index is 0.378. The highest BCUT2D eigenvalue weighted by molar-refractivity contribution is 6.06. The number of esters is 1. The molecule has 3 aromatic carbocycles. The van der Waals surface area contributed by atoms with Crippen molar-refractivity contribution in [1.29, 1.82) is 0 Å². The smallest absolute Gasteiger partial charge is 0.329 e. The lowest BCUT2D eigenvalue weighted by Crippen LogP contribution is -2.46. The summed E-state index contributed by atoms with van der Waals surface area (Å²) in [6.45, 7) is 0. The predicted molar refractivity (Wildman–Crippen MR) is 120 cm³/mol. The van der Waals surface area contributed by atoms with Crippen molar-refractivity contribution in [2.24, 2.45) is 0 Å². The van der Waals surface area contributed by atoms with Crippen LogP contribution in [0.25, 0.3) is 10.9 Å². The van der Waals surface area contributed by atoms with Crippen LogP contribution in [0.2, 0.25) is 0 Å². The molecule has 1 heterocycles. The van der Waals surface area contributed by atoms with E-state index in [4.69, 9.17) is 4.74 Å². The third-order valence-corrected chi connectivity index (χ3v) is 5.27. The highest BCUT2D eigenvalue weighted by Crippen LogP contribution is 2.29. The number of rotatable bonds is 6. The van der Waals surface area contributed by atoms with Gasteiger partial charge in [0, 0.05) is 17.5 Å². The van der Waals surface area contributed by atoms with E-state index in [9.17, 15) is 9.59 Å². The van der Waals surface area contributed by atoms with Crippen LogP contribution >= 0.6 is 0 Å². The van der Waals surface area contributed by atoms with Gasteiger partial charge in [-0.2, -0.15) is 0 Å². The number of amides is 1. The molecule has 0 radical (unpaired) electrons. The van der Waals surface area contributed by atoms with Gasteiger partial charge < -0.3 is 10.1 Å². The van der Waals surface area contributed by atoms with E-state index in [1.165, 1.54) is 7.11 Å². The molecule has 5 nitrogen and oxygen atoms in total. The number of fused-ring (bicyclic) bond motifs is 1. The van der Waals surface area contributed by atoms with E-state index in [2.05, 4.69) is 10.3 Å². The Balaban J connectivity index is 1.77. The van der Waals surface area contributed by atoms with Gasteiger partial charge in [-0.25, -0.2) is 4.79 Å². The number of carbonyl (C=O) groups is 2. The molecular formula is C26H22N2O3. The van der Waals surface area contributed by atoms with Crippen molar-refractivity contribution in [3.8, 4) is 0 Å². The number of para-hydroxylation sites is 1. The standard InChI is InChI=1S/C26H22N2O3/c1-31-26(30)24(22(18-10-4-2-5-11-18)19-12-6-3-7-13-19)28-25(29)21-16-8-14-20-15-9-17-27-23(20)21/h2-17,22,24H,1H3,(H,28,29)/t24-/m0/s1. The van der Waals surface area contributed by atoms with Crippen molar-refractivity contribution < 1.29 is 14.3 Å². The van der Waals surface area contributed by atoms with Crippen LogP contribution in [-0.2, 0) is 9.53 Å². The van der Waals surface area contributed by atoms with Crippen molar-refractivity contribution in [3.63, 3.8) is 0 Å². The fourth-order valence-corrected chi connectivity index (χ4v) is 3.81. The Kier molecular flexibility index (Phi) is 6.03. The molecule has 0 aliphatic carbocycles. The normalized spacial score (nSPS) is 11.8.